The third-order valence-electron chi connectivity index (χ3n) is 7.88. The molecule has 2 aliphatic rings. The van der Waals surface area contributed by atoms with Crippen LogP contribution in [0.1, 0.15) is 86.3 Å². The first kappa shape index (κ1) is 42.9. The highest BCUT2D eigenvalue weighted by molar-refractivity contribution is 9.10. The highest BCUT2D eigenvalue weighted by Gasteiger charge is 2.26. The molecular formula is C34H42Br2N10O6S2. The largest absolute Gasteiger partial charge is 0.356 e. The number of fused-ring (bicyclic) bond motifs is 2. The molecule has 6 N–H and O–H groups in total. The van der Waals surface area contributed by atoms with Crippen molar-refractivity contribution in [2.75, 3.05) is 24.6 Å². The number of benzene rings is 2. The van der Waals surface area contributed by atoms with E-state index in [1.54, 1.807) is 0 Å². The van der Waals surface area contributed by atoms with E-state index in [2.05, 4.69) is 108 Å². The number of thioether (sulfide) groups is 2. The number of amidine groups is 2. The van der Waals surface area contributed by atoms with Crippen LogP contribution in [0.15, 0.2) is 74.6 Å². The fraction of sp³-hybridized carbons (Fsp3) is 0.412. The zero-order valence-electron chi connectivity index (χ0n) is 30.1. The molecule has 4 aromatic rings. The maximum Gasteiger partial charge on any atom is 0.216 e. The molecule has 2 heterocycles. The lowest BCUT2D eigenvalue weighted by Crippen LogP contribution is -2.23. The number of hydrogen-bond donors (Lipinski definition) is 6. The van der Waals surface area contributed by atoms with Gasteiger partial charge in [0.15, 0.2) is 33.1 Å². The monoisotopic (exact) mass is 908 g/mol. The Labute approximate surface area is 337 Å². The van der Waals surface area contributed by atoms with Crippen molar-refractivity contribution in [1.29, 1.82) is 0 Å². The molecule has 290 valence electrons. The van der Waals surface area contributed by atoms with Gasteiger partial charge in [0.25, 0.3) is 0 Å². The lowest BCUT2D eigenvalue weighted by atomic mass is 10.1. The van der Waals surface area contributed by atoms with Gasteiger partial charge in [-0.05, 0) is 92.8 Å². The van der Waals surface area contributed by atoms with E-state index in [-0.39, 0.29) is 35.6 Å². The van der Waals surface area contributed by atoms with E-state index in [9.17, 15) is 20.0 Å². The molecule has 16 nitrogen and oxygen atoms in total. The van der Waals surface area contributed by atoms with E-state index in [0.29, 0.717) is 46.0 Å². The highest BCUT2D eigenvalue weighted by Crippen LogP contribution is 2.37. The molecule has 0 saturated heterocycles. The number of carbonyl (C=O) groups is 2. The Balaban J connectivity index is 0.000000230. The van der Waals surface area contributed by atoms with Gasteiger partial charge >= 0.3 is 0 Å². The third-order valence-corrected chi connectivity index (χ3v) is 10.8. The summed E-state index contributed by atoms with van der Waals surface area (Å²) in [5.74, 6) is 1.44. The molecule has 2 atom stereocenters. The van der Waals surface area contributed by atoms with Crippen LogP contribution in [0.25, 0.3) is 0 Å². The van der Waals surface area contributed by atoms with Crippen molar-refractivity contribution in [1.82, 2.24) is 42.2 Å². The Hall–Kier alpha value is -3.82. The Morgan fingerprint density at radius 3 is 1.52 bits per heavy atom. The number of aryl methyl sites for hydroxylation is 2. The molecule has 6 rings (SSSR count). The maximum absolute atomic E-state index is 10.9. The predicted molar refractivity (Wildman–Crippen MR) is 212 cm³/mol. The molecule has 2 aromatic heterocycles. The van der Waals surface area contributed by atoms with Crippen LogP contribution in [0.2, 0.25) is 0 Å². The standard InChI is InChI=1S/2C16H18BrN5O3S.C2H6/c2*1-9(23)18-6-7-26-16-14(21-25-22-16)15(20-24)19-13-5-3-10-2-4-11(17)8-12(10)13;1-2/h2*2,4,8,13,24H,3,5-7H2,1H3,(H,18,23)(H,19,20);1-2H3. The van der Waals surface area contributed by atoms with Gasteiger partial charge in [-0.2, -0.15) is 0 Å². The highest BCUT2D eigenvalue weighted by atomic mass is 79.9. The normalized spacial score (nSPS) is 15.9. The van der Waals surface area contributed by atoms with Crippen LogP contribution in [0, 0.1) is 0 Å². The second-order valence-corrected chi connectivity index (χ2v) is 15.5. The smallest absolute Gasteiger partial charge is 0.216 e. The number of aromatic nitrogens is 4. The molecule has 0 aliphatic heterocycles. The average Bonchev–Trinajstić information content (AvgIpc) is 3.98. The minimum atomic E-state index is -0.0885. The van der Waals surface area contributed by atoms with Crippen molar-refractivity contribution in [3.8, 4) is 0 Å². The minimum Gasteiger partial charge on any atom is -0.356 e. The van der Waals surface area contributed by atoms with Gasteiger partial charge < -0.3 is 10.6 Å². The molecule has 0 bridgehead atoms. The van der Waals surface area contributed by atoms with Crippen molar-refractivity contribution in [3.63, 3.8) is 0 Å². The van der Waals surface area contributed by atoms with E-state index in [4.69, 9.17) is 9.26 Å². The summed E-state index contributed by atoms with van der Waals surface area (Å²) in [7, 11) is 0. The van der Waals surface area contributed by atoms with Crippen molar-refractivity contribution in [2.45, 2.75) is 75.5 Å². The molecule has 2 unspecified atom stereocenters. The molecule has 0 radical (unpaired) electrons. The summed E-state index contributed by atoms with van der Waals surface area (Å²) in [5, 5.41) is 41.0. The van der Waals surface area contributed by atoms with Gasteiger partial charge in [0, 0.05) is 47.4 Å². The fourth-order valence-corrected chi connectivity index (χ4v) is 7.82. The Kier molecular flexibility index (Phi) is 17.4. The predicted octanol–water partition coefficient (Wildman–Crippen LogP) is 5.97. The molecular weight excluding hydrogens is 868 g/mol. The molecule has 54 heavy (non-hydrogen) atoms. The van der Waals surface area contributed by atoms with Crippen molar-refractivity contribution >= 4 is 78.9 Å². The van der Waals surface area contributed by atoms with E-state index < -0.39 is 0 Å². The van der Waals surface area contributed by atoms with Crippen LogP contribution >= 0.6 is 55.4 Å². The lowest BCUT2D eigenvalue weighted by molar-refractivity contribution is -0.119. The first-order valence-corrected chi connectivity index (χ1v) is 20.6. The van der Waals surface area contributed by atoms with Crippen LogP contribution in [-0.2, 0) is 22.4 Å². The topological polar surface area (TPSA) is 225 Å². The number of nitrogens with zero attached hydrogens (tertiary/aromatic N) is 6. The molecule has 2 amide bonds. The number of amides is 2. The number of hydroxylamine groups is 2. The number of aliphatic imine (C=N–C) groups is 2. The Morgan fingerprint density at radius 1 is 0.741 bits per heavy atom. The number of carbonyl (C=O) groups excluding carboxylic acids is 2. The van der Waals surface area contributed by atoms with E-state index in [1.165, 1.54) is 48.5 Å². The summed E-state index contributed by atoms with van der Waals surface area (Å²) in [6.45, 7) is 7.92. The lowest BCUT2D eigenvalue weighted by Gasteiger charge is -2.10. The van der Waals surface area contributed by atoms with Crippen LogP contribution in [-0.4, -0.2) is 79.1 Å². The zero-order chi connectivity index (χ0) is 39.0. The summed E-state index contributed by atoms with van der Waals surface area (Å²) in [4.78, 5) is 31.1. The van der Waals surface area contributed by atoms with Gasteiger partial charge in [0.1, 0.15) is 0 Å². The summed E-state index contributed by atoms with van der Waals surface area (Å²) in [5.41, 5.74) is 9.70. The van der Waals surface area contributed by atoms with Crippen LogP contribution in [0.4, 0.5) is 0 Å². The van der Waals surface area contributed by atoms with E-state index in [1.807, 2.05) is 26.0 Å². The van der Waals surface area contributed by atoms with Crippen LogP contribution in [0.5, 0.6) is 0 Å². The van der Waals surface area contributed by atoms with Gasteiger partial charge in [-0.3, -0.25) is 40.9 Å². The van der Waals surface area contributed by atoms with Crippen LogP contribution < -0.4 is 21.6 Å². The van der Waals surface area contributed by atoms with Gasteiger partial charge in [-0.1, -0.05) is 81.4 Å². The molecule has 20 heteroatoms. The molecule has 2 aromatic carbocycles. The average molecular weight is 911 g/mol. The van der Waals surface area contributed by atoms with Gasteiger partial charge in [0.05, 0.1) is 12.1 Å². The van der Waals surface area contributed by atoms with Gasteiger partial charge in [-0.25, -0.2) is 9.26 Å². The SMILES string of the molecule is CC.CC(=O)NCCSc1nonc1C(=NC1CCc2ccc(Br)cc21)NO.CC(=O)NCCSc1nonc1C(=NC1CCc2ccc(Br)cc21)NO. The Bertz CT molecular complexity index is 1790. The summed E-state index contributed by atoms with van der Waals surface area (Å²) >= 11 is 9.70. The summed E-state index contributed by atoms with van der Waals surface area (Å²) < 4.78 is 11.6. The molecule has 0 spiro atoms. The molecule has 0 fully saturated rings. The second-order valence-electron chi connectivity index (χ2n) is 11.5. The van der Waals surface area contributed by atoms with E-state index in [0.717, 1.165) is 45.8 Å². The molecule has 0 saturated carbocycles. The fourth-order valence-electron chi connectivity index (χ4n) is 5.56. The second kappa shape index (κ2) is 21.9. The van der Waals surface area contributed by atoms with Crippen molar-refractivity contribution in [3.05, 3.63) is 79.0 Å². The van der Waals surface area contributed by atoms with Crippen molar-refractivity contribution in [2.24, 2.45) is 9.98 Å². The Morgan fingerprint density at radius 2 is 1.15 bits per heavy atom. The van der Waals surface area contributed by atoms with E-state index >= 15 is 0 Å². The van der Waals surface area contributed by atoms with Crippen LogP contribution in [0.3, 0.4) is 0 Å². The van der Waals surface area contributed by atoms with Gasteiger partial charge in [0.2, 0.25) is 11.8 Å². The quantitative estimate of drug-likeness (QED) is 0.0317. The zero-order valence-corrected chi connectivity index (χ0v) is 34.9. The number of hydrogen-bond acceptors (Lipinski definition) is 14. The maximum atomic E-state index is 10.9. The number of nitrogens with one attached hydrogen (secondary N) is 4. The molecule has 2 aliphatic carbocycles. The number of halogens is 2. The van der Waals surface area contributed by atoms with Crippen molar-refractivity contribution < 1.29 is 29.3 Å². The third kappa shape index (κ3) is 12.1. The summed E-state index contributed by atoms with van der Waals surface area (Å²) in [6.07, 6.45) is 3.58. The number of rotatable bonds is 12. The van der Waals surface area contributed by atoms with Gasteiger partial charge in [-0.15, -0.1) is 0 Å². The first-order valence-electron chi connectivity index (χ1n) is 17.1. The minimum absolute atomic E-state index is 0.0777. The summed E-state index contributed by atoms with van der Waals surface area (Å²) in [6, 6.07) is 12.1. The first-order chi connectivity index (χ1) is 26.2.